The Labute approximate surface area is 186 Å². The van der Waals surface area contributed by atoms with Crippen molar-refractivity contribution in [1.29, 1.82) is 0 Å². The van der Waals surface area contributed by atoms with Gasteiger partial charge in [-0.3, -0.25) is 24.5 Å². The summed E-state index contributed by atoms with van der Waals surface area (Å²) in [4.78, 5) is 50.3. The van der Waals surface area contributed by atoms with Crippen LogP contribution in [0.25, 0.3) is 0 Å². The molecule has 172 valence electrons. The van der Waals surface area contributed by atoms with Crippen LogP contribution in [0.5, 0.6) is 5.75 Å². The Bertz CT molecular complexity index is 1140. The highest BCUT2D eigenvalue weighted by molar-refractivity contribution is 6.06. The van der Waals surface area contributed by atoms with E-state index in [-0.39, 0.29) is 41.8 Å². The van der Waals surface area contributed by atoms with E-state index < -0.39 is 48.1 Å². The van der Waals surface area contributed by atoms with Crippen LogP contribution in [0.3, 0.4) is 0 Å². The number of carbonyl (C=O) groups is 4. The van der Waals surface area contributed by atoms with Crippen LogP contribution in [-0.2, 0) is 16.1 Å². The summed E-state index contributed by atoms with van der Waals surface area (Å²) >= 11 is 0. The van der Waals surface area contributed by atoms with Gasteiger partial charge in [0.1, 0.15) is 11.8 Å². The molecule has 1 unspecified atom stereocenters. The highest BCUT2D eigenvalue weighted by atomic mass is 19.4. The molecule has 0 bridgehead atoms. The number of ketones is 1. The number of phenolic OH excluding ortho intramolecular Hbond substituents is 1. The number of phenols is 1. The molecule has 2 atom stereocenters. The maximum absolute atomic E-state index is 13.6. The van der Waals surface area contributed by atoms with Crippen LogP contribution in [0.15, 0.2) is 42.5 Å². The van der Waals surface area contributed by atoms with Crippen LogP contribution in [0, 0.1) is 0 Å². The van der Waals surface area contributed by atoms with Crippen molar-refractivity contribution in [3.63, 3.8) is 0 Å². The Morgan fingerprint density at radius 3 is 2.45 bits per heavy atom. The van der Waals surface area contributed by atoms with Crippen LogP contribution >= 0.6 is 0 Å². The fraction of sp³-hybridized carbons (Fsp3) is 0.304. The van der Waals surface area contributed by atoms with E-state index >= 15 is 0 Å². The molecule has 0 saturated carbocycles. The van der Waals surface area contributed by atoms with Gasteiger partial charge >= 0.3 is 6.18 Å². The topological polar surface area (TPSA) is 104 Å². The van der Waals surface area contributed by atoms with Crippen molar-refractivity contribution in [2.75, 3.05) is 0 Å². The molecule has 0 aliphatic carbocycles. The van der Waals surface area contributed by atoms with Gasteiger partial charge in [0, 0.05) is 30.5 Å². The van der Waals surface area contributed by atoms with E-state index in [1.165, 1.54) is 23.1 Å². The Morgan fingerprint density at radius 2 is 1.82 bits per heavy atom. The van der Waals surface area contributed by atoms with Crippen LogP contribution in [0.2, 0.25) is 0 Å². The molecular formula is C23H19F3N2O5. The van der Waals surface area contributed by atoms with Crippen LogP contribution in [-0.4, -0.2) is 45.7 Å². The molecule has 2 aromatic rings. The minimum Gasteiger partial charge on any atom is -0.508 e. The molecule has 0 spiro atoms. The molecule has 7 nitrogen and oxygen atoms in total. The summed E-state index contributed by atoms with van der Waals surface area (Å²) in [5, 5.41) is 11.5. The van der Waals surface area contributed by atoms with E-state index in [0.717, 1.165) is 24.3 Å². The molecule has 3 amide bonds. The van der Waals surface area contributed by atoms with E-state index in [1.54, 1.807) is 0 Å². The van der Waals surface area contributed by atoms with Crippen LogP contribution < -0.4 is 5.32 Å². The summed E-state index contributed by atoms with van der Waals surface area (Å²) < 4.78 is 40.9. The number of aromatic hydroxyl groups is 1. The zero-order valence-corrected chi connectivity index (χ0v) is 17.2. The first-order valence-electron chi connectivity index (χ1n) is 10.2. The first-order chi connectivity index (χ1) is 15.5. The van der Waals surface area contributed by atoms with E-state index in [4.69, 9.17) is 0 Å². The van der Waals surface area contributed by atoms with Crippen molar-refractivity contribution in [2.45, 2.75) is 43.9 Å². The third kappa shape index (κ3) is 4.46. The van der Waals surface area contributed by atoms with Gasteiger partial charge in [-0.05, 0) is 41.8 Å². The molecule has 0 aromatic heterocycles. The summed E-state index contributed by atoms with van der Waals surface area (Å²) in [6.07, 6.45) is -5.24. The fourth-order valence-electron chi connectivity index (χ4n) is 4.18. The van der Waals surface area contributed by atoms with Gasteiger partial charge in [0.2, 0.25) is 11.8 Å². The number of rotatable bonds is 5. The van der Waals surface area contributed by atoms with Gasteiger partial charge in [-0.15, -0.1) is 0 Å². The minimum atomic E-state index is -4.68. The number of carbonyl (C=O) groups excluding carboxylic acids is 4. The molecule has 33 heavy (non-hydrogen) atoms. The van der Waals surface area contributed by atoms with Gasteiger partial charge < -0.3 is 10.0 Å². The first-order valence-corrected chi connectivity index (χ1v) is 10.2. The summed E-state index contributed by atoms with van der Waals surface area (Å²) in [6.45, 7) is 0.0161. The second-order valence-corrected chi connectivity index (χ2v) is 8.08. The monoisotopic (exact) mass is 460 g/mol. The standard InChI is InChI=1S/C23H19F3N2O5/c24-23(25,26)17(12-1-4-15(29)5-2-12)10-19(30)13-3-6-16-14(9-13)11-28(22(16)33)18-7-8-20(31)27-21(18)32/h1-6,9,17-18,29H,7-8,10-11H2,(H,27,31,32)/t17-,18?/m1/s1. The average Bonchev–Trinajstić information content (AvgIpc) is 3.07. The number of hydrogen-bond donors (Lipinski definition) is 2. The zero-order valence-electron chi connectivity index (χ0n) is 17.2. The normalized spacial score (nSPS) is 19.3. The number of hydrogen-bond acceptors (Lipinski definition) is 5. The highest BCUT2D eigenvalue weighted by Gasteiger charge is 2.43. The molecule has 10 heteroatoms. The van der Waals surface area contributed by atoms with Gasteiger partial charge in [-0.2, -0.15) is 13.2 Å². The average molecular weight is 460 g/mol. The van der Waals surface area contributed by atoms with Gasteiger partial charge in [0.05, 0.1) is 5.92 Å². The lowest BCUT2D eigenvalue weighted by atomic mass is 9.90. The maximum Gasteiger partial charge on any atom is 0.396 e. The van der Waals surface area contributed by atoms with E-state index in [9.17, 15) is 37.5 Å². The molecule has 1 saturated heterocycles. The summed E-state index contributed by atoms with van der Waals surface area (Å²) in [5.41, 5.74) is 0.583. The predicted molar refractivity (Wildman–Crippen MR) is 108 cm³/mol. The van der Waals surface area contributed by atoms with Crippen LogP contribution in [0.4, 0.5) is 13.2 Å². The van der Waals surface area contributed by atoms with Crippen molar-refractivity contribution < 1.29 is 37.5 Å². The number of alkyl halides is 3. The SMILES string of the molecule is O=C1CCC(N2Cc3cc(C(=O)C[C@H](c4ccc(O)cc4)C(F)(F)F)ccc3C2=O)C(=O)N1. The van der Waals surface area contributed by atoms with E-state index in [0.29, 0.717) is 5.56 Å². The lowest BCUT2D eigenvalue weighted by molar-refractivity contribution is -0.149. The fourth-order valence-corrected chi connectivity index (χ4v) is 4.18. The first kappa shape index (κ1) is 22.5. The molecule has 2 aromatic carbocycles. The molecule has 1 fully saturated rings. The van der Waals surface area contributed by atoms with Crippen molar-refractivity contribution >= 4 is 23.5 Å². The van der Waals surface area contributed by atoms with Gasteiger partial charge in [-0.1, -0.05) is 18.2 Å². The second-order valence-electron chi connectivity index (χ2n) is 8.08. The number of amides is 3. The quantitative estimate of drug-likeness (QED) is 0.527. The Morgan fingerprint density at radius 1 is 1.12 bits per heavy atom. The van der Waals surface area contributed by atoms with Gasteiger partial charge in [0.25, 0.3) is 5.91 Å². The van der Waals surface area contributed by atoms with Crippen molar-refractivity contribution in [1.82, 2.24) is 10.2 Å². The third-order valence-corrected chi connectivity index (χ3v) is 5.93. The predicted octanol–water partition coefficient (Wildman–Crippen LogP) is 3.07. The third-order valence-electron chi connectivity index (χ3n) is 5.93. The summed E-state index contributed by atoms with van der Waals surface area (Å²) in [7, 11) is 0. The number of nitrogens with one attached hydrogen (secondary N) is 1. The lowest BCUT2D eigenvalue weighted by Crippen LogP contribution is -2.52. The second kappa shape index (κ2) is 8.34. The molecule has 0 radical (unpaired) electrons. The molecular weight excluding hydrogens is 441 g/mol. The molecule has 4 rings (SSSR count). The van der Waals surface area contributed by atoms with Gasteiger partial charge in [0.15, 0.2) is 5.78 Å². The van der Waals surface area contributed by atoms with E-state index in [1.807, 2.05) is 0 Å². The highest BCUT2D eigenvalue weighted by Crippen LogP contribution is 2.39. The number of nitrogens with zero attached hydrogens (tertiary/aromatic N) is 1. The summed E-state index contributed by atoms with van der Waals surface area (Å²) in [5.74, 6) is -4.42. The number of piperidine rings is 1. The number of Topliss-reactive ketones (excluding diaryl/α,β-unsaturated/α-hetero) is 1. The Hall–Kier alpha value is -3.69. The molecule has 2 heterocycles. The van der Waals surface area contributed by atoms with E-state index in [2.05, 4.69) is 5.32 Å². The lowest BCUT2D eigenvalue weighted by Gasteiger charge is -2.29. The zero-order chi connectivity index (χ0) is 23.9. The largest absolute Gasteiger partial charge is 0.508 e. The molecule has 2 aliphatic rings. The van der Waals surface area contributed by atoms with Crippen LogP contribution in [0.1, 0.15) is 57.0 Å². The minimum absolute atomic E-state index is 0.0161. The van der Waals surface area contributed by atoms with Crippen molar-refractivity contribution in [3.05, 3.63) is 64.7 Å². The number of benzene rings is 2. The van der Waals surface area contributed by atoms with Crippen molar-refractivity contribution in [2.24, 2.45) is 0 Å². The number of fused-ring (bicyclic) bond motifs is 1. The van der Waals surface area contributed by atoms with Crippen molar-refractivity contribution in [3.8, 4) is 5.75 Å². The Kier molecular flexibility index (Phi) is 5.69. The summed E-state index contributed by atoms with van der Waals surface area (Å²) in [6, 6.07) is 7.74. The smallest absolute Gasteiger partial charge is 0.396 e. The molecule has 2 N–H and O–H groups in total. The Balaban J connectivity index is 1.54. The maximum atomic E-state index is 13.6. The number of imide groups is 1. The van der Waals surface area contributed by atoms with Gasteiger partial charge in [-0.25, -0.2) is 0 Å². The number of halogens is 3. The molecule has 2 aliphatic heterocycles.